The van der Waals surface area contributed by atoms with E-state index in [4.69, 9.17) is 16.3 Å². The molecule has 4 aromatic rings. The highest BCUT2D eigenvalue weighted by Gasteiger charge is 2.16. The number of anilines is 1. The highest BCUT2D eigenvalue weighted by molar-refractivity contribution is 7.89. The van der Waals surface area contributed by atoms with Crippen LogP contribution < -0.4 is 16.2 Å². The van der Waals surface area contributed by atoms with Crippen molar-refractivity contribution in [2.75, 3.05) is 5.32 Å². The van der Waals surface area contributed by atoms with Crippen LogP contribution in [-0.2, 0) is 14.8 Å². The first-order chi connectivity index (χ1) is 17.2. The summed E-state index contributed by atoms with van der Waals surface area (Å²) in [6.45, 7) is 0. The van der Waals surface area contributed by atoms with Gasteiger partial charge in [-0.25, -0.2) is 13.6 Å². The predicted octanol–water partition coefficient (Wildman–Crippen LogP) is 3.86. The minimum atomic E-state index is -3.90. The lowest BCUT2D eigenvalue weighted by atomic mass is 10.0. The van der Waals surface area contributed by atoms with Gasteiger partial charge in [0.25, 0.3) is 5.91 Å². The lowest BCUT2D eigenvalue weighted by Crippen LogP contribution is -2.14. The van der Waals surface area contributed by atoms with Gasteiger partial charge in [0.15, 0.2) is 0 Å². The molecule has 0 spiro atoms. The van der Waals surface area contributed by atoms with Crippen molar-refractivity contribution in [1.82, 2.24) is 4.98 Å². The van der Waals surface area contributed by atoms with Crippen molar-refractivity contribution in [2.24, 2.45) is 10.9 Å². The summed E-state index contributed by atoms with van der Waals surface area (Å²) in [5.74, 6) is -0.435. The molecule has 0 atom stereocenters. The monoisotopic (exact) mass is 497 g/mol. The van der Waals surface area contributed by atoms with Crippen molar-refractivity contribution in [3.63, 3.8) is 0 Å². The molecule has 0 fully saturated rings. The van der Waals surface area contributed by atoms with Crippen LogP contribution in [0.15, 0.2) is 102 Å². The van der Waals surface area contributed by atoms with E-state index in [1.807, 2.05) is 6.07 Å². The van der Waals surface area contributed by atoms with Crippen LogP contribution in [-0.4, -0.2) is 25.1 Å². The van der Waals surface area contributed by atoms with Gasteiger partial charge in [0.1, 0.15) is 5.84 Å². The number of carbonyl (C=O) groups is 1. The normalized spacial score (nSPS) is 11.6. The zero-order chi connectivity index (χ0) is 25.7. The van der Waals surface area contributed by atoms with Crippen LogP contribution in [0, 0.1) is 5.41 Å². The van der Waals surface area contributed by atoms with Gasteiger partial charge in [-0.3, -0.25) is 15.2 Å². The number of hydrogen-bond donors (Lipinski definition) is 4. The Balaban J connectivity index is 1.65. The van der Waals surface area contributed by atoms with Crippen molar-refractivity contribution in [3.05, 3.63) is 114 Å². The summed E-state index contributed by atoms with van der Waals surface area (Å²) in [5, 5.41) is 15.9. The van der Waals surface area contributed by atoms with Crippen LogP contribution in [0.1, 0.15) is 16.7 Å². The Morgan fingerprint density at radius 2 is 1.64 bits per heavy atom. The number of sulfonamides is 1. The molecule has 1 heterocycles. The van der Waals surface area contributed by atoms with Crippen molar-refractivity contribution in [1.29, 1.82) is 5.41 Å². The average Bonchev–Trinajstić information content (AvgIpc) is 2.88. The van der Waals surface area contributed by atoms with E-state index in [1.165, 1.54) is 6.07 Å². The third-order valence-corrected chi connectivity index (χ3v) is 6.34. The Hall–Kier alpha value is -4.60. The van der Waals surface area contributed by atoms with Crippen LogP contribution in [0.5, 0.6) is 0 Å². The molecule has 0 aliphatic rings. The zero-order valence-corrected chi connectivity index (χ0v) is 19.9. The van der Waals surface area contributed by atoms with Gasteiger partial charge in [-0.05, 0) is 47.5 Å². The average molecular weight is 498 g/mol. The lowest BCUT2D eigenvalue weighted by molar-refractivity contribution is -0.111. The molecule has 0 radical (unpaired) electrons. The van der Waals surface area contributed by atoms with Crippen LogP contribution in [0.3, 0.4) is 0 Å². The van der Waals surface area contributed by atoms with Gasteiger partial charge in [-0.15, -0.1) is 0 Å². The summed E-state index contributed by atoms with van der Waals surface area (Å²) in [4.78, 5) is 17.5. The van der Waals surface area contributed by atoms with Gasteiger partial charge in [0.05, 0.1) is 4.90 Å². The lowest BCUT2D eigenvalue weighted by Gasteiger charge is -2.12. The number of hydrogen-bond acceptors (Lipinski definition) is 5. The maximum Gasteiger partial charge on any atom is 0.256 e. The van der Waals surface area contributed by atoms with Gasteiger partial charge >= 0.3 is 0 Å². The molecule has 36 heavy (non-hydrogen) atoms. The molecular weight excluding hydrogens is 474 g/mol. The fourth-order valence-corrected chi connectivity index (χ4v) is 4.41. The molecule has 0 saturated carbocycles. The Kier molecular flexibility index (Phi) is 7.05. The largest absolute Gasteiger partial charge is 0.384 e. The van der Waals surface area contributed by atoms with Crippen LogP contribution in [0.4, 0.5) is 5.69 Å². The number of nitrogens with two attached hydrogens (primary N) is 2. The molecule has 4 rings (SSSR count). The Morgan fingerprint density at radius 3 is 2.31 bits per heavy atom. The van der Waals surface area contributed by atoms with E-state index in [2.05, 4.69) is 10.3 Å². The van der Waals surface area contributed by atoms with Crippen LogP contribution >= 0.6 is 0 Å². The molecule has 1 amide bonds. The SMILES string of the molecule is N=C(N)c1cccc(/C=C(\C(=O)Nc2ccc(-c3ccccc3S(N)(=O)=O)cc2)c2cccnc2)c1. The van der Waals surface area contributed by atoms with E-state index in [9.17, 15) is 13.2 Å². The van der Waals surface area contributed by atoms with E-state index >= 15 is 0 Å². The molecule has 6 N–H and O–H groups in total. The summed E-state index contributed by atoms with van der Waals surface area (Å²) in [5.41, 5.74) is 9.46. The summed E-state index contributed by atoms with van der Waals surface area (Å²) in [7, 11) is -3.90. The number of benzene rings is 3. The molecule has 0 unspecified atom stereocenters. The number of amidine groups is 1. The summed E-state index contributed by atoms with van der Waals surface area (Å²) < 4.78 is 23.9. The van der Waals surface area contributed by atoms with Gasteiger partial charge in [-0.1, -0.05) is 54.6 Å². The van der Waals surface area contributed by atoms with E-state index in [-0.39, 0.29) is 16.6 Å². The van der Waals surface area contributed by atoms with E-state index in [0.717, 1.165) is 0 Å². The van der Waals surface area contributed by atoms with E-state index in [1.54, 1.807) is 91.3 Å². The van der Waals surface area contributed by atoms with Crippen LogP contribution in [0.2, 0.25) is 0 Å². The van der Waals surface area contributed by atoms with Gasteiger partial charge in [0.2, 0.25) is 10.0 Å². The molecule has 0 aliphatic carbocycles. The second kappa shape index (κ2) is 10.3. The molecule has 3 aromatic carbocycles. The molecule has 9 heteroatoms. The maximum atomic E-state index is 13.3. The zero-order valence-electron chi connectivity index (χ0n) is 19.0. The fraction of sp³-hybridized carbons (Fsp3) is 0. The van der Waals surface area contributed by atoms with Crippen LogP contribution in [0.25, 0.3) is 22.8 Å². The number of carbonyl (C=O) groups excluding carboxylic acids is 1. The third kappa shape index (κ3) is 5.72. The smallest absolute Gasteiger partial charge is 0.256 e. The second-order valence-electron chi connectivity index (χ2n) is 7.91. The van der Waals surface area contributed by atoms with Crippen molar-refractivity contribution >= 4 is 39.1 Å². The molecule has 180 valence electrons. The predicted molar refractivity (Wildman–Crippen MR) is 141 cm³/mol. The second-order valence-corrected chi connectivity index (χ2v) is 9.44. The first-order valence-corrected chi connectivity index (χ1v) is 12.4. The summed E-state index contributed by atoms with van der Waals surface area (Å²) in [6.07, 6.45) is 4.91. The highest BCUT2D eigenvalue weighted by Crippen LogP contribution is 2.28. The summed E-state index contributed by atoms with van der Waals surface area (Å²) in [6, 6.07) is 23.8. The molecule has 0 aliphatic heterocycles. The van der Waals surface area contributed by atoms with Crippen molar-refractivity contribution in [3.8, 4) is 11.1 Å². The minimum Gasteiger partial charge on any atom is -0.384 e. The maximum absolute atomic E-state index is 13.3. The topological polar surface area (TPSA) is 152 Å². The van der Waals surface area contributed by atoms with Gasteiger partial charge in [-0.2, -0.15) is 0 Å². The van der Waals surface area contributed by atoms with Crippen molar-refractivity contribution < 1.29 is 13.2 Å². The summed E-state index contributed by atoms with van der Waals surface area (Å²) >= 11 is 0. The number of nitrogens with zero attached hydrogens (tertiary/aromatic N) is 1. The van der Waals surface area contributed by atoms with Crippen molar-refractivity contribution in [2.45, 2.75) is 4.90 Å². The molecular formula is C27H23N5O3S. The first kappa shape index (κ1) is 24.5. The molecule has 0 bridgehead atoms. The number of amides is 1. The number of nitrogen functional groups attached to an aromatic ring is 1. The minimum absolute atomic E-state index is 0.0244. The van der Waals surface area contributed by atoms with Gasteiger partial charge in [0, 0.05) is 40.3 Å². The Bertz CT molecular complexity index is 1560. The molecule has 1 aromatic heterocycles. The van der Waals surface area contributed by atoms with E-state index < -0.39 is 10.0 Å². The highest BCUT2D eigenvalue weighted by atomic mass is 32.2. The first-order valence-electron chi connectivity index (χ1n) is 10.8. The number of nitrogens with one attached hydrogen (secondary N) is 2. The molecule has 8 nitrogen and oxygen atoms in total. The third-order valence-electron chi connectivity index (χ3n) is 5.37. The number of rotatable bonds is 7. The number of aromatic nitrogens is 1. The number of pyridine rings is 1. The Morgan fingerprint density at radius 1 is 0.917 bits per heavy atom. The molecule has 0 saturated heterocycles. The van der Waals surface area contributed by atoms with Gasteiger partial charge < -0.3 is 11.1 Å². The number of primary sulfonamides is 1. The Labute approximate surface area is 208 Å². The van der Waals surface area contributed by atoms with E-state index in [0.29, 0.717) is 39.1 Å². The standard InChI is InChI=1S/C27H23N5O3S/c28-26(29)20-6-3-5-18(15-20)16-24(21-7-4-14-31-17-21)27(33)32-22-12-10-19(11-13-22)23-8-1-2-9-25(23)36(30,34)35/h1-17H,(H3,28,29)(H,32,33)(H2,30,34,35)/b24-16-. The quantitative estimate of drug-likeness (QED) is 0.174. The fourth-order valence-electron chi connectivity index (χ4n) is 3.65.